The second-order valence-corrected chi connectivity index (χ2v) is 5.79. The lowest BCUT2D eigenvalue weighted by Crippen LogP contribution is -2.21. The number of hydrogen-bond acceptors (Lipinski definition) is 4. The zero-order valence-electron chi connectivity index (χ0n) is 12.6. The standard InChI is InChI=1S/C16H21BrO4/c1-4-20-15(18)9-14(11-17)21-13-7-5-12(6-8-13)10-16(2,3)19/h5-9,19H,4,10-11H2,1-3H3. The molecule has 0 atom stereocenters. The van der Waals surface area contributed by atoms with Crippen LogP contribution in [0, 0.1) is 0 Å². The highest BCUT2D eigenvalue weighted by Gasteiger charge is 2.13. The zero-order chi connectivity index (χ0) is 15.9. The first-order valence-corrected chi connectivity index (χ1v) is 7.88. The highest BCUT2D eigenvalue weighted by atomic mass is 79.9. The van der Waals surface area contributed by atoms with Gasteiger partial charge in [-0.05, 0) is 38.5 Å². The maximum Gasteiger partial charge on any atom is 0.334 e. The van der Waals surface area contributed by atoms with E-state index in [9.17, 15) is 9.90 Å². The summed E-state index contributed by atoms with van der Waals surface area (Å²) in [4.78, 5) is 11.4. The SMILES string of the molecule is CCOC(=O)C=C(CBr)Oc1ccc(CC(C)(C)O)cc1. The summed E-state index contributed by atoms with van der Waals surface area (Å²) in [6.45, 7) is 5.61. The van der Waals surface area contributed by atoms with Crippen LogP contribution in [0.5, 0.6) is 5.75 Å². The molecule has 0 bridgehead atoms. The summed E-state index contributed by atoms with van der Waals surface area (Å²) in [5.74, 6) is 0.679. The molecule has 0 spiro atoms. The lowest BCUT2D eigenvalue weighted by molar-refractivity contribution is -0.137. The summed E-state index contributed by atoms with van der Waals surface area (Å²) in [6, 6.07) is 7.40. The molecular formula is C16H21BrO4. The molecule has 0 saturated carbocycles. The van der Waals surface area contributed by atoms with E-state index in [2.05, 4.69) is 15.9 Å². The van der Waals surface area contributed by atoms with Crippen LogP contribution in [0.15, 0.2) is 36.1 Å². The molecule has 4 nitrogen and oxygen atoms in total. The summed E-state index contributed by atoms with van der Waals surface area (Å²) in [7, 11) is 0. The first-order valence-electron chi connectivity index (χ1n) is 6.76. The van der Waals surface area contributed by atoms with Crippen molar-refractivity contribution < 1.29 is 19.4 Å². The van der Waals surface area contributed by atoms with E-state index in [-0.39, 0.29) is 0 Å². The van der Waals surface area contributed by atoms with Gasteiger partial charge in [0.1, 0.15) is 11.5 Å². The smallest absolute Gasteiger partial charge is 0.334 e. The van der Waals surface area contributed by atoms with Gasteiger partial charge in [0.25, 0.3) is 0 Å². The highest BCUT2D eigenvalue weighted by molar-refractivity contribution is 9.09. The van der Waals surface area contributed by atoms with Gasteiger partial charge in [-0.3, -0.25) is 0 Å². The number of benzene rings is 1. The topological polar surface area (TPSA) is 55.8 Å². The molecule has 0 aromatic heterocycles. The van der Waals surface area contributed by atoms with E-state index < -0.39 is 11.6 Å². The van der Waals surface area contributed by atoms with Crippen LogP contribution >= 0.6 is 15.9 Å². The Morgan fingerprint density at radius 1 is 1.33 bits per heavy atom. The summed E-state index contributed by atoms with van der Waals surface area (Å²) in [5.41, 5.74) is 0.275. The normalized spacial score (nSPS) is 12.1. The van der Waals surface area contributed by atoms with Crippen LogP contribution in [0.1, 0.15) is 26.3 Å². The van der Waals surface area contributed by atoms with Crippen molar-refractivity contribution in [3.8, 4) is 5.75 Å². The van der Waals surface area contributed by atoms with Gasteiger partial charge in [0.15, 0.2) is 0 Å². The van der Waals surface area contributed by atoms with Gasteiger partial charge in [-0.15, -0.1) is 0 Å². The van der Waals surface area contributed by atoms with E-state index >= 15 is 0 Å². The Morgan fingerprint density at radius 2 is 1.95 bits per heavy atom. The predicted octanol–water partition coefficient (Wildman–Crippen LogP) is 3.22. The Morgan fingerprint density at radius 3 is 2.43 bits per heavy atom. The molecule has 21 heavy (non-hydrogen) atoms. The molecule has 0 heterocycles. The van der Waals surface area contributed by atoms with Gasteiger partial charge in [0.05, 0.1) is 23.6 Å². The largest absolute Gasteiger partial charge is 0.463 e. The minimum absolute atomic E-state index is 0.330. The van der Waals surface area contributed by atoms with Gasteiger partial charge in [-0.2, -0.15) is 0 Å². The molecule has 0 unspecified atom stereocenters. The molecule has 0 aliphatic rings. The van der Waals surface area contributed by atoms with Crippen molar-refractivity contribution in [3.05, 3.63) is 41.7 Å². The maximum atomic E-state index is 11.4. The van der Waals surface area contributed by atoms with Crippen molar-refractivity contribution in [2.45, 2.75) is 32.8 Å². The van der Waals surface area contributed by atoms with Gasteiger partial charge >= 0.3 is 5.97 Å². The quantitative estimate of drug-likeness (QED) is 0.352. The van der Waals surface area contributed by atoms with Crippen LogP contribution in [0.4, 0.5) is 0 Å². The number of rotatable bonds is 7. The third-order valence-corrected chi connectivity index (χ3v) is 3.06. The number of halogens is 1. The number of alkyl halides is 1. The first kappa shape index (κ1) is 17.7. The minimum Gasteiger partial charge on any atom is -0.463 e. The lowest BCUT2D eigenvalue weighted by atomic mass is 9.99. The molecule has 0 radical (unpaired) electrons. The second-order valence-electron chi connectivity index (χ2n) is 5.23. The average Bonchev–Trinajstić information content (AvgIpc) is 2.38. The molecule has 1 aromatic rings. The summed E-state index contributed by atoms with van der Waals surface area (Å²) < 4.78 is 10.5. The highest BCUT2D eigenvalue weighted by Crippen LogP contribution is 2.19. The third-order valence-electron chi connectivity index (χ3n) is 2.51. The summed E-state index contributed by atoms with van der Waals surface area (Å²) in [5, 5.41) is 10.2. The molecular weight excluding hydrogens is 336 g/mol. The average molecular weight is 357 g/mol. The number of aliphatic hydroxyl groups is 1. The van der Waals surface area contributed by atoms with Crippen LogP contribution < -0.4 is 4.74 Å². The Balaban J connectivity index is 2.71. The molecule has 1 N–H and O–H groups in total. The Labute approximate surface area is 133 Å². The zero-order valence-corrected chi connectivity index (χ0v) is 14.1. The Hall–Kier alpha value is -1.33. The molecule has 1 aromatic carbocycles. The number of ether oxygens (including phenoxy) is 2. The van der Waals surface area contributed by atoms with Crippen molar-refractivity contribution >= 4 is 21.9 Å². The van der Waals surface area contributed by atoms with Crippen LogP contribution in [0.25, 0.3) is 0 Å². The molecule has 0 amide bonds. The monoisotopic (exact) mass is 356 g/mol. The van der Waals surface area contributed by atoms with E-state index in [1.54, 1.807) is 20.8 Å². The van der Waals surface area contributed by atoms with Crippen molar-refractivity contribution in [2.24, 2.45) is 0 Å². The number of carbonyl (C=O) groups is 1. The Kier molecular flexibility index (Phi) is 6.92. The molecule has 0 fully saturated rings. The van der Waals surface area contributed by atoms with E-state index in [4.69, 9.17) is 9.47 Å². The van der Waals surface area contributed by atoms with E-state index in [0.29, 0.717) is 29.9 Å². The van der Waals surface area contributed by atoms with Crippen LogP contribution in [-0.4, -0.2) is 28.6 Å². The molecule has 0 saturated heterocycles. The van der Waals surface area contributed by atoms with Gasteiger partial charge < -0.3 is 14.6 Å². The molecule has 1 rings (SSSR count). The fourth-order valence-corrected chi connectivity index (χ4v) is 2.01. The van der Waals surface area contributed by atoms with E-state index in [1.165, 1.54) is 6.08 Å². The summed E-state index contributed by atoms with van der Waals surface area (Å²) >= 11 is 3.27. The number of esters is 1. The van der Waals surface area contributed by atoms with E-state index in [0.717, 1.165) is 5.56 Å². The first-order chi connectivity index (χ1) is 9.84. The molecule has 0 aliphatic carbocycles. The predicted molar refractivity (Wildman–Crippen MR) is 85.6 cm³/mol. The van der Waals surface area contributed by atoms with E-state index in [1.807, 2.05) is 24.3 Å². The number of allylic oxidation sites excluding steroid dienone is 1. The van der Waals surface area contributed by atoms with Gasteiger partial charge in [-0.1, -0.05) is 28.1 Å². The van der Waals surface area contributed by atoms with Crippen molar-refractivity contribution in [1.29, 1.82) is 0 Å². The fourth-order valence-electron chi connectivity index (χ4n) is 1.74. The molecule has 0 aliphatic heterocycles. The lowest BCUT2D eigenvalue weighted by Gasteiger charge is -2.17. The third kappa shape index (κ3) is 7.29. The van der Waals surface area contributed by atoms with Crippen molar-refractivity contribution in [2.75, 3.05) is 11.9 Å². The van der Waals surface area contributed by atoms with Crippen molar-refractivity contribution in [3.63, 3.8) is 0 Å². The van der Waals surface area contributed by atoms with Crippen LogP contribution in [-0.2, 0) is 16.0 Å². The maximum absolute atomic E-state index is 11.4. The Bertz CT molecular complexity index is 486. The van der Waals surface area contributed by atoms with Gasteiger partial charge in [0, 0.05) is 6.42 Å². The summed E-state index contributed by atoms with van der Waals surface area (Å²) in [6.07, 6.45) is 1.89. The van der Waals surface area contributed by atoms with Crippen LogP contribution in [0.3, 0.4) is 0 Å². The van der Waals surface area contributed by atoms with Gasteiger partial charge in [0.2, 0.25) is 0 Å². The van der Waals surface area contributed by atoms with Crippen molar-refractivity contribution in [1.82, 2.24) is 0 Å². The second kappa shape index (κ2) is 8.20. The molecule has 116 valence electrons. The number of carbonyl (C=O) groups excluding carboxylic acids is 1. The van der Waals surface area contributed by atoms with Crippen LogP contribution in [0.2, 0.25) is 0 Å². The fraction of sp³-hybridized carbons (Fsp3) is 0.438. The molecule has 5 heteroatoms. The minimum atomic E-state index is -0.743. The van der Waals surface area contributed by atoms with Gasteiger partial charge in [-0.25, -0.2) is 4.79 Å². The number of hydrogen-bond donors (Lipinski definition) is 1.